The summed E-state index contributed by atoms with van der Waals surface area (Å²) < 4.78 is 0. The quantitative estimate of drug-likeness (QED) is 0.685. The standard InChI is InChI=1S/C26H25ClN2O/c27-21-13-11-19(12-14-21)23-9-4-10-24(23)26(30)29-16-15-28-25(29)17-20-7-3-6-18-5-1-2-8-22(18)20/h1-3,5-8,11-14,23-24H,4,9-10,15-17H2/p+1/t23-,24-/m0/s1. The van der Waals surface area contributed by atoms with E-state index in [1.165, 1.54) is 21.9 Å². The lowest BCUT2D eigenvalue weighted by atomic mass is 9.88. The van der Waals surface area contributed by atoms with Gasteiger partial charge in [0.15, 0.2) is 0 Å². The van der Waals surface area contributed by atoms with E-state index in [0.29, 0.717) is 0 Å². The zero-order valence-electron chi connectivity index (χ0n) is 17.0. The second-order valence-electron chi connectivity index (χ2n) is 8.37. The maximum Gasteiger partial charge on any atom is 0.313 e. The molecular formula is C26H26ClN2O+. The summed E-state index contributed by atoms with van der Waals surface area (Å²) in [7, 11) is 0. The number of amides is 1. The highest BCUT2D eigenvalue weighted by atomic mass is 35.5. The Kier molecular flexibility index (Phi) is 5.30. The molecule has 0 bridgehead atoms. The van der Waals surface area contributed by atoms with Gasteiger partial charge in [0.25, 0.3) is 5.84 Å². The lowest BCUT2D eigenvalue weighted by Crippen LogP contribution is -2.71. The molecule has 0 radical (unpaired) electrons. The fraction of sp³-hybridized carbons (Fsp3) is 0.308. The van der Waals surface area contributed by atoms with Gasteiger partial charge >= 0.3 is 5.91 Å². The molecule has 0 unspecified atom stereocenters. The molecule has 5 rings (SSSR count). The van der Waals surface area contributed by atoms with Crippen molar-refractivity contribution in [1.29, 1.82) is 0 Å². The van der Waals surface area contributed by atoms with E-state index in [1.807, 2.05) is 17.0 Å². The van der Waals surface area contributed by atoms with E-state index in [4.69, 9.17) is 11.6 Å². The fourth-order valence-electron chi connectivity index (χ4n) is 5.14. The predicted molar refractivity (Wildman–Crippen MR) is 122 cm³/mol. The molecule has 2 atom stereocenters. The summed E-state index contributed by atoms with van der Waals surface area (Å²) >= 11 is 6.07. The Morgan fingerprint density at radius 1 is 1.00 bits per heavy atom. The fourth-order valence-corrected chi connectivity index (χ4v) is 5.26. The first kappa shape index (κ1) is 19.3. The highest BCUT2D eigenvalue weighted by Gasteiger charge is 2.42. The molecule has 0 saturated heterocycles. The Balaban J connectivity index is 1.37. The van der Waals surface area contributed by atoms with Crippen molar-refractivity contribution in [3.8, 4) is 0 Å². The number of hydrogen-bond donors (Lipinski definition) is 1. The third-order valence-corrected chi connectivity index (χ3v) is 6.88. The zero-order valence-corrected chi connectivity index (χ0v) is 17.7. The van der Waals surface area contributed by atoms with Gasteiger partial charge in [-0.15, -0.1) is 0 Å². The number of fused-ring (bicyclic) bond motifs is 1. The predicted octanol–water partition coefficient (Wildman–Crippen LogP) is 3.94. The first-order chi connectivity index (χ1) is 14.7. The average Bonchev–Trinajstić information content (AvgIpc) is 3.44. The first-order valence-electron chi connectivity index (χ1n) is 10.8. The number of benzene rings is 3. The minimum atomic E-state index is 0.0496. The maximum atomic E-state index is 13.6. The summed E-state index contributed by atoms with van der Waals surface area (Å²) in [5, 5.41) is 3.24. The van der Waals surface area contributed by atoms with Gasteiger partial charge in [-0.1, -0.05) is 72.6 Å². The molecular weight excluding hydrogens is 392 g/mol. The Hall–Kier alpha value is -2.65. The SMILES string of the molecule is O=C([C@H]1CCC[C@H]1c1ccc(Cl)cc1)N1CC[NH+]=C1Cc1cccc2ccccc12. The van der Waals surface area contributed by atoms with E-state index < -0.39 is 0 Å². The van der Waals surface area contributed by atoms with Crippen LogP contribution < -0.4 is 4.99 Å². The number of carbonyl (C=O) groups is 1. The summed E-state index contributed by atoms with van der Waals surface area (Å²) in [4.78, 5) is 19.1. The van der Waals surface area contributed by atoms with E-state index >= 15 is 0 Å². The highest BCUT2D eigenvalue weighted by Crippen LogP contribution is 2.41. The molecule has 30 heavy (non-hydrogen) atoms. The van der Waals surface area contributed by atoms with E-state index in [9.17, 15) is 4.79 Å². The Bertz CT molecular complexity index is 1100. The second kappa shape index (κ2) is 8.23. The highest BCUT2D eigenvalue weighted by molar-refractivity contribution is 6.30. The van der Waals surface area contributed by atoms with Crippen LogP contribution in [-0.4, -0.2) is 29.7 Å². The lowest BCUT2D eigenvalue weighted by Gasteiger charge is -2.21. The smallest absolute Gasteiger partial charge is 0.274 e. The summed E-state index contributed by atoms with van der Waals surface area (Å²) in [5.41, 5.74) is 2.49. The van der Waals surface area contributed by atoms with Gasteiger partial charge in [-0.3, -0.25) is 4.99 Å². The van der Waals surface area contributed by atoms with Crippen LogP contribution in [0.3, 0.4) is 0 Å². The Morgan fingerprint density at radius 2 is 1.80 bits per heavy atom. The molecule has 3 aromatic rings. The third-order valence-electron chi connectivity index (χ3n) is 6.63. The van der Waals surface area contributed by atoms with E-state index in [1.54, 1.807) is 0 Å². The van der Waals surface area contributed by atoms with Crippen LogP contribution in [0.25, 0.3) is 10.8 Å². The zero-order chi connectivity index (χ0) is 20.5. The molecule has 1 amide bonds. The number of halogens is 1. The number of hydrogen-bond acceptors (Lipinski definition) is 1. The van der Waals surface area contributed by atoms with Gasteiger partial charge in [-0.05, 0) is 52.8 Å². The molecule has 2 aliphatic rings. The minimum absolute atomic E-state index is 0.0496. The molecule has 152 valence electrons. The van der Waals surface area contributed by atoms with Crippen LogP contribution in [-0.2, 0) is 11.2 Å². The topological polar surface area (TPSA) is 34.3 Å². The first-order valence-corrected chi connectivity index (χ1v) is 11.2. The van der Waals surface area contributed by atoms with Crippen LogP contribution in [0.15, 0.2) is 66.7 Å². The summed E-state index contributed by atoms with van der Waals surface area (Å²) in [6, 6.07) is 22.9. The number of nitrogens with zero attached hydrogens (tertiary/aromatic N) is 1. The molecule has 1 heterocycles. The van der Waals surface area contributed by atoms with Crippen molar-refractivity contribution < 1.29 is 9.79 Å². The van der Waals surface area contributed by atoms with Gasteiger partial charge < -0.3 is 0 Å². The molecule has 0 spiro atoms. The van der Waals surface area contributed by atoms with Crippen molar-refractivity contribution in [2.24, 2.45) is 5.92 Å². The molecule has 1 N–H and O–H groups in total. The van der Waals surface area contributed by atoms with Gasteiger partial charge in [0.2, 0.25) is 0 Å². The molecule has 1 saturated carbocycles. The van der Waals surface area contributed by atoms with E-state index in [2.05, 4.69) is 59.6 Å². The van der Waals surface area contributed by atoms with Crippen molar-refractivity contribution in [2.45, 2.75) is 31.6 Å². The monoisotopic (exact) mass is 417 g/mol. The normalized spacial score (nSPS) is 21.2. The Morgan fingerprint density at radius 3 is 2.67 bits per heavy atom. The van der Waals surface area contributed by atoms with Gasteiger partial charge in [-0.2, -0.15) is 4.90 Å². The molecule has 3 aromatic carbocycles. The van der Waals surface area contributed by atoms with E-state index in [0.717, 1.165) is 49.6 Å². The Labute approximate surface area is 182 Å². The molecule has 0 aromatic heterocycles. The van der Waals surface area contributed by atoms with Crippen molar-refractivity contribution >= 4 is 34.1 Å². The van der Waals surface area contributed by atoms with Gasteiger partial charge in [0.05, 0.1) is 12.3 Å². The second-order valence-corrected chi connectivity index (χ2v) is 8.81. The van der Waals surface area contributed by atoms with Crippen molar-refractivity contribution in [1.82, 2.24) is 4.90 Å². The number of carbonyl (C=O) groups excluding carboxylic acids is 1. The number of nitrogens with one attached hydrogen (secondary N) is 1. The molecule has 1 aliphatic heterocycles. The van der Waals surface area contributed by atoms with Gasteiger partial charge in [0.1, 0.15) is 13.1 Å². The van der Waals surface area contributed by atoms with E-state index in [-0.39, 0.29) is 17.7 Å². The van der Waals surface area contributed by atoms with Crippen LogP contribution in [0.1, 0.15) is 36.3 Å². The van der Waals surface area contributed by atoms with Crippen LogP contribution in [0.5, 0.6) is 0 Å². The van der Waals surface area contributed by atoms with Crippen molar-refractivity contribution in [2.75, 3.05) is 13.1 Å². The van der Waals surface area contributed by atoms with Crippen LogP contribution in [0.2, 0.25) is 5.02 Å². The summed E-state index contributed by atoms with van der Waals surface area (Å²) in [6.07, 6.45) is 3.89. The number of rotatable bonds is 4. The average molecular weight is 418 g/mol. The largest absolute Gasteiger partial charge is 0.313 e. The molecule has 1 fully saturated rings. The molecule has 3 nitrogen and oxygen atoms in total. The van der Waals surface area contributed by atoms with Gasteiger partial charge in [-0.25, -0.2) is 4.79 Å². The molecule has 4 heteroatoms. The van der Waals surface area contributed by atoms with Crippen LogP contribution in [0, 0.1) is 5.92 Å². The van der Waals surface area contributed by atoms with Crippen LogP contribution in [0.4, 0.5) is 0 Å². The minimum Gasteiger partial charge on any atom is -0.274 e. The van der Waals surface area contributed by atoms with Crippen LogP contribution >= 0.6 is 11.6 Å². The maximum absolute atomic E-state index is 13.6. The van der Waals surface area contributed by atoms with Gasteiger partial charge in [0, 0.05) is 5.02 Å². The third kappa shape index (κ3) is 3.63. The summed E-state index contributed by atoms with van der Waals surface area (Å²) in [5.74, 6) is 1.65. The van der Waals surface area contributed by atoms with Crippen molar-refractivity contribution in [3.63, 3.8) is 0 Å². The number of amidine groups is 1. The summed E-state index contributed by atoms with van der Waals surface area (Å²) in [6.45, 7) is 1.58. The molecule has 1 aliphatic carbocycles. The lowest BCUT2D eigenvalue weighted by molar-refractivity contribution is -0.445. The van der Waals surface area contributed by atoms with Crippen molar-refractivity contribution in [3.05, 3.63) is 82.9 Å².